The molecule has 19 heavy (non-hydrogen) atoms. The first kappa shape index (κ1) is 14.0. The molecule has 1 fully saturated rings. The van der Waals surface area contributed by atoms with Crippen molar-refractivity contribution in [1.82, 2.24) is 9.88 Å². The number of likely N-dealkylation sites (N-methyl/N-ethyl adjacent to an activating group) is 1. The normalized spacial score (nSPS) is 16.7. The van der Waals surface area contributed by atoms with Gasteiger partial charge >= 0.3 is 6.61 Å². The molecule has 0 saturated heterocycles. The number of nitrogens with one attached hydrogen (secondary N) is 1. The summed E-state index contributed by atoms with van der Waals surface area (Å²) in [6.45, 7) is -2.01. The van der Waals surface area contributed by atoms with Gasteiger partial charge in [-0.1, -0.05) is 0 Å². The Hall–Kier alpha value is -1.43. The molecule has 4 nitrogen and oxygen atoms in total. The van der Waals surface area contributed by atoms with E-state index < -0.39 is 6.61 Å². The number of anilines is 1. The molecule has 0 aromatic carbocycles. The first-order valence-electron chi connectivity index (χ1n) is 6.37. The van der Waals surface area contributed by atoms with Crippen LogP contribution in [0, 0.1) is 5.92 Å². The molecule has 1 heterocycles. The van der Waals surface area contributed by atoms with Gasteiger partial charge in [-0.15, -0.1) is 0 Å². The summed E-state index contributed by atoms with van der Waals surface area (Å²) in [6, 6.07) is 3.62. The second-order valence-electron chi connectivity index (χ2n) is 5.01. The lowest BCUT2D eigenvalue weighted by atomic mass is 10.1. The van der Waals surface area contributed by atoms with Crippen LogP contribution < -0.4 is 10.1 Å². The maximum absolute atomic E-state index is 12.0. The molecule has 1 saturated carbocycles. The van der Waals surface area contributed by atoms with Gasteiger partial charge in [0.05, 0.1) is 6.20 Å². The zero-order chi connectivity index (χ0) is 13.8. The molecule has 0 radical (unpaired) electrons. The third kappa shape index (κ3) is 4.31. The fourth-order valence-electron chi connectivity index (χ4n) is 2.12. The number of nitrogens with zero attached hydrogens (tertiary/aromatic N) is 2. The van der Waals surface area contributed by atoms with E-state index in [0.717, 1.165) is 12.5 Å². The number of alkyl halides is 2. The third-order valence-electron chi connectivity index (χ3n) is 3.28. The number of aromatic nitrogens is 1. The second kappa shape index (κ2) is 6.14. The molecule has 0 spiro atoms. The zero-order valence-electron chi connectivity index (χ0n) is 11.1. The molecule has 1 unspecified atom stereocenters. The van der Waals surface area contributed by atoms with Gasteiger partial charge in [-0.05, 0) is 45.0 Å². The topological polar surface area (TPSA) is 37.4 Å². The maximum Gasteiger partial charge on any atom is 0.387 e. The molecular weight excluding hydrogens is 252 g/mol. The van der Waals surface area contributed by atoms with Crippen LogP contribution in [0.15, 0.2) is 18.3 Å². The number of rotatable bonds is 7. The van der Waals surface area contributed by atoms with Crippen LogP contribution in [-0.4, -0.2) is 43.2 Å². The summed E-state index contributed by atoms with van der Waals surface area (Å²) in [5.41, 5.74) is 0. The number of halogens is 2. The summed E-state index contributed by atoms with van der Waals surface area (Å²) in [5, 5.41) is 3.23. The quantitative estimate of drug-likeness (QED) is 0.826. The number of hydrogen-bond acceptors (Lipinski definition) is 4. The Kier molecular flexibility index (Phi) is 4.52. The predicted molar refractivity (Wildman–Crippen MR) is 69.6 cm³/mol. The number of hydrogen-bond donors (Lipinski definition) is 1. The minimum atomic E-state index is -2.81. The number of ether oxygens (including phenoxy) is 1. The van der Waals surface area contributed by atoms with Crippen LogP contribution in [0.2, 0.25) is 0 Å². The van der Waals surface area contributed by atoms with E-state index in [1.807, 2.05) is 0 Å². The molecule has 0 amide bonds. The molecular formula is C13H19F2N3O. The molecule has 0 aliphatic heterocycles. The molecule has 2 rings (SSSR count). The Morgan fingerprint density at radius 3 is 2.63 bits per heavy atom. The molecule has 6 heteroatoms. The highest BCUT2D eigenvalue weighted by Crippen LogP contribution is 2.34. The average Bonchev–Trinajstić information content (AvgIpc) is 3.15. The van der Waals surface area contributed by atoms with E-state index in [1.54, 1.807) is 6.07 Å². The van der Waals surface area contributed by atoms with Gasteiger partial charge in [0, 0.05) is 12.6 Å². The Bertz CT molecular complexity index is 391. The van der Waals surface area contributed by atoms with Crippen molar-refractivity contribution in [2.75, 3.05) is 26.0 Å². The SMILES string of the molecule is CN(C)C(CNc1ccc(OC(F)F)cn1)C1CC1. The van der Waals surface area contributed by atoms with Crippen molar-refractivity contribution in [2.24, 2.45) is 5.92 Å². The van der Waals surface area contributed by atoms with Crippen molar-refractivity contribution in [3.63, 3.8) is 0 Å². The molecule has 1 aliphatic carbocycles. The Balaban J connectivity index is 1.85. The van der Waals surface area contributed by atoms with Crippen molar-refractivity contribution in [2.45, 2.75) is 25.5 Å². The molecule has 1 aromatic rings. The Labute approximate surface area is 111 Å². The summed E-state index contributed by atoms with van der Waals surface area (Å²) in [4.78, 5) is 6.26. The predicted octanol–water partition coefficient (Wildman–Crippen LogP) is 2.44. The summed E-state index contributed by atoms with van der Waals surface area (Å²) in [5.74, 6) is 1.50. The minimum absolute atomic E-state index is 0.0758. The lowest BCUT2D eigenvalue weighted by Gasteiger charge is -2.24. The van der Waals surface area contributed by atoms with Crippen molar-refractivity contribution in [1.29, 1.82) is 0 Å². The van der Waals surface area contributed by atoms with Crippen molar-refractivity contribution in [3.05, 3.63) is 18.3 Å². The standard InChI is InChI=1S/C13H19F2N3O/c1-18(2)11(9-3-4-9)8-17-12-6-5-10(7-16-12)19-13(14)15/h5-7,9,11,13H,3-4,8H2,1-2H3,(H,16,17). The van der Waals surface area contributed by atoms with E-state index in [-0.39, 0.29) is 5.75 Å². The fraction of sp³-hybridized carbons (Fsp3) is 0.615. The van der Waals surface area contributed by atoms with Crippen molar-refractivity contribution in [3.8, 4) is 5.75 Å². The lowest BCUT2D eigenvalue weighted by Crippen LogP contribution is -2.36. The molecule has 1 aromatic heterocycles. The van der Waals surface area contributed by atoms with Crippen molar-refractivity contribution < 1.29 is 13.5 Å². The first-order chi connectivity index (χ1) is 9.06. The summed E-state index contributed by atoms with van der Waals surface area (Å²) in [7, 11) is 4.13. The Morgan fingerprint density at radius 1 is 1.42 bits per heavy atom. The zero-order valence-corrected chi connectivity index (χ0v) is 11.1. The first-order valence-corrected chi connectivity index (χ1v) is 6.37. The minimum Gasteiger partial charge on any atom is -0.433 e. The summed E-state index contributed by atoms with van der Waals surface area (Å²) in [6.07, 6.45) is 3.86. The van der Waals surface area contributed by atoms with Crippen LogP contribution in [0.5, 0.6) is 5.75 Å². The van der Waals surface area contributed by atoms with Gasteiger partial charge in [0.1, 0.15) is 11.6 Å². The van der Waals surface area contributed by atoms with Gasteiger partial charge < -0.3 is 15.0 Å². The number of pyridine rings is 1. The van der Waals surface area contributed by atoms with E-state index in [2.05, 4.69) is 34.0 Å². The van der Waals surface area contributed by atoms with Gasteiger partial charge in [0.15, 0.2) is 0 Å². The molecule has 1 N–H and O–H groups in total. The molecule has 1 atom stereocenters. The van der Waals surface area contributed by atoms with E-state index in [1.165, 1.54) is 25.1 Å². The molecule has 1 aliphatic rings. The van der Waals surface area contributed by atoms with Crippen molar-refractivity contribution >= 4 is 5.82 Å². The van der Waals surface area contributed by atoms with Gasteiger partial charge in [-0.3, -0.25) is 0 Å². The van der Waals surface area contributed by atoms with Crippen LogP contribution in [0.3, 0.4) is 0 Å². The maximum atomic E-state index is 12.0. The van der Waals surface area contributed by atoms with Crippen LogP contribution in [0.1, 0.15) is 12.8 Å². The van der Waals surface area contributed by atoms with Gasteiger partial charge in [0.25, 0.3) is 0 Å². The van der Waals surface area contributed by atoms with Crippen LogP contribution in [-0.2, 0) is 0 Å². The van der Waals surface area contributed by atoms with Crippen LogP contribution in [0.4, 0.5) is 14.6 Å². The lowest BCUT2D eigenvalue weighted by molar-refractivity contribution is -0.0500. The molecule has 0 bridgehead atoms. The summed E-state index contributed by atoms with van der Waals surface area (Å²) >= 11 is 0. The second-order valence-corrected chi connectivity index (χ2v) is 5.01. The van der Waals surface area contributed by atoms with E-state index >= 15 is 0 Å². The van der Waals surface area contributed by atoms with Crippen LogP contribution >= 0.6 is 0 Å². The summed E-state index contributed by atoms with van der Waals surface area (Å²) < 4.78 is 28.2. The highest BCUT2D eigenvalue weighted by Gasteiger charge is 2.32. The van der Waals surface area contributed by atoms with E-state index in [9.17, 15) is 8.78 Å². The van der Waals surface area contributed by atoms with E-state index in [4.69, 9.17) is 0 Å². The third-order valence-corrected chi connectivity index (χ3v) is 3.28. The smallest absolute Gasteiger partial charge is 0.387 e. The largest absolute Gasteiger partial charge is 0.433 e. The Morgan fingerprint density at radius 2 is 2.16 bits per heavy atom. The fourth-order valence-corrected chi connectivity index (χ4v) is 2.12. The highest BCUT2D eigenvalue weighted by atomic mass is 19.3. The van der Waals surface area contributed by atoms with Gasteiger partial charge in [-0.25, -0.2) is 4.98 Å². The average molecular weight is 271 g/mol. The van der Waals surface area contributed by atoms with Gasteiger partial charge in [0.2, 0.25) is 0 Å². The monoisotopic (exact) mass is 271 g/mol. The van der Waals surface area contributed by atoms with Gasteiger partial charge in [-0.2, -0.15) is 8.78 Å². The van der Waals surface area contributed by atoms with Crippen LogP contribution in [0.25, 0.3) is 0 Å². The van der Waals surface area contributed by atoms with E-state index in [0.29, 0.717) is 11.9 Å². The highest BCUT2D eigenvalue weighted by molar-refractivity contribution is 5.37. The molecule has 106 valence electrons.